The van der Waals surface area contributed by atoms with Crippen molar-refractivity contribution < 1.29 is 9.47 Å². The fourth-order valence-corrected chi connectivity index (χ4v) is 1.54. The van der Waals surface area contributed by atoms with Gasteiger partial charge in [-0.2, -0.15) is 0 Å². The average molecular weight is 203 g/mol. The summed E-state index contributed by atoms with van der Waals surface area (Å²) in [6.45, 7) is 12.3. The quantitative estimate of drug-likeness (QED) is 0.716. The third-order valence-corrected chi connectivity index (χ3v) is 2.10. The van der Waals surface area contributed by atoms with E-state index in [1.54, 1.807) is 0 Å². The third-order valence-electron chi connectivity index (χ3n) is 2.10. The Morgan fingerprint density at radius 2 is 1.71 bits per heavy atom. The molecule has 0 aliphatic heterocycles. The van der Waals surface area contributed by atoms with Crippen LogP contribution in [0.1, 0.15) is 34.6 Å². The fraction of sp³-hybridized carbons (Fsp3) is 1.00. The molecule has 0 rings (SSSR count). The Labute approximate surface area is 88.0 Å². The zero-order chi connectivity index (χ0) is 11.2. The number of hydrogen-bond acceptors (Lipinski definition) is 3. The molecule has 0 aromatic carbocycles. The Bertz CT molecular complexity index is 143. The number of nitrogens with two attached hydrogens (primary N) is 1. The summed E-state index contributed by atoms with van der Waals surface area (Å²) in [5, 5.41) is 0. The fourth-order valence-electron chi connectivity index (χ4n) is 1.54. The summed E-state index contributed by atoms with van der Waals surface area (Å²) in [5.74, 6) is 0. The first-order valence-electron chi connectivity index (χ1n) is 5.38. The van der Waals surface area contributed by atoms with E-state index in [1.807, 2.05) is 13.8 Å². The summed E-state index contributed by atoms with van der Waals surface area (Å²) in [6.07, 6.45) is 0.0547. The molecule has 3 nitrogen and oxygen atoms in total. The molecule has 86 valence electrons. The van der Waals surface area contributed by atoms with E-state index in [2.05, 4.69) is 20.8 Å². The van der Waals surface area contributed by atoms with Crippen LogP contribution in [-0.2, 0) is 9.47 Å². The van der Waals surface area contributed by atoms with Crippen LogP contribution in [0.5, 0.6) is 0 Å². The van der Waals surface area contributed by atoms with Crippen LogP contribution in [-0.4, -0.2) is 32.0 Å². The van der Waals surface area contributed by atoms with Crippen molar-refractivity contribution in [2.24, 2.45) is 11.1 Å². The van der Waals surface area contributed by atoms with Crippen LogP contribution in [0.3, 0.4) is 0 Å². The zero-order valence-electron chi connectivity index (χ0n) is 10.2. The van der Waals surface area contributed by atoms with E-state index in [-0.39, 0.29) is 17.6 Å². The molecular formula is C11H25NO2. The van der Waals surface area contributed by atoms with Crippen molar-refractivity contribution in [1.29, 1.82) is 0 Å². The van der Waals surface area contributed by atoms with Crippen molar-refractivity contribution in [3.8, 4) is 0 Å². The highest BCUT2D eigenvalue weighted by atomic mass is 16.5. The van der Waals surface area contributed by atoms with Gasteiger partial charge in [0.15, 0.2) is 0 Å². The van der Waals surface area contributed by atoms with Crippen molar-refractivity contribution in [1.82, 2.24) is 0 Å². The molecule has 0 aliphatic rings. The van der Waals surface area contributed by atoms with Gasteiger partial charge in [-0.15, -0.1) is 0 Å². The van der Waals surface area contributed by atoms with Gasteiger partial charge in [0.25, 0.3) is 0 Å². The molecule has 0 saturated carbocycles. The lowest BCUT2D eigenvalue weighted by atomic mass is 9.85. The number of ether oxygens (including phenoxy) is 2. The van der Waals surface area contributed by atoms with E-state index in [1.165, 1.54) is 0 Å². The van der Waals surface area contributed by atoms with Gasteiger partial charge in [-0.3, -0.25) is 0 Å². The van der Waals surface area contributed by atoms with Crippen molar-refractivity contribution >= 4 is 0 Å². The van der Waals surface area contributed by atoms with Crippen LogP contribution in [0.25, 0.3) is 0 Å². The molecule has 0 amide bonds. The molecule has 0 fully saturated rings. The molecule has 3 heteroatoms. The Hall–Kier alpha value is -0.120. The zero-order valence-corrected chi connectivity index (χ0v) is 10.2. The Kier molecular flexibility index (Phi) is 6.33. The molecule has 0 aromatic rings. The van der Waals surface area contributed by atoms with Crippen LogP contribution >= 0.6 is 0 Å². The minimum atomic E-state index is -0.0464. The number of hydrogen-bond donors (Lipinski definition) is 1. The molecule has 0 spiro atoms. The lowest BCUT2D eigenvalue weighted by Crippen LogP contribution is -2.48. The van der Waals surface area contributed by atoms with Gasteiger partial charge in [0.1, 0.15) is 0 Å². The first kappa shape index (κ1) is 13.9. The smallest absolute Gasteiger partial charge is 0.0796 e. The lowest BCUT2D eigenvalue weighted by molar-refractivity contribution is -0.0454. The summed E-state index contributed by atoms with van der Waals surface area (Å²) in [6, 6.07) is -0.0464. The van der Waals surface area contributed by atoms with Gasteiger partial charge < -0.3 is 15.2 Å². The van der Waals surface area contributed by atoms with E-state index in [0.717, 1.165) is 0 Å². The van der Waals surface area contributed by atoms with Gasteiger partial charge in [0.2, 0.25) is 0 Å². The highest BCUT2D eigenvalue weighted by Crippen LogP contribution is 2.24. The van der Waals surface area contributed by atoms with E-state index >= 15 is 0 Å². The lowest BCUT2D eigenvalue weighted by Gasteiger charge is -2.34. The average Bonchev–Trinajstić information content (AvgIpc) is 2.08. The Morgan fingerprint density at radius 1 is 1.14 bits per heavy atom. The maximum atomic E-state index is 6.03. The van der Waals surface area contributed by atoms with Gasteiger partial charge in [-0.25, -0.2) is 0 Å². The first-order chi connectivity index (χ1) is 6.43. The second-order valence-corrected chi connectivity index (χ2v) is 4.57. The standard InChI is InChI=1S/C11H25NO2/c1-6-13-8-9(12)10(14-7-2)11(3,4)5/h9-10H,6-8,12H2,1-5H3. The molecular weight excluding hydrogens is 178 g/mol. The predicted octanol–water partition coefficient (Wildman–Crippen LogP) is 1.80. The van der Waals surface area contributed by atoms with E-state index < -0.39 is 0 Å². The summed E-state index contributed by atoms with van der Waals surface area (Å²) in [7, 11) is 0. The van der Waals surface area contributed by atoms with Gasteiger partial charge >= 0.3 is 0 Å². The second-order valence-electron chi connectivity index (χ2n) is 4.57. The van der Waals surface area contributed by atoms with Crippen molar-refractivity contribution in [2.75, 3.05) is 19.8 Å². The SMILES string of the molecule is CCOCC(N)C(OCC)C(C)(C)C. The molecule has 0 bridgehead atoms. The van der Waals surface area contributed by atoms with E-state index in [9.17, 15) is 0 Å². The van der Waals surface area contributed by atoms with Gasteiger partial charge in [-0.1, -0.05) is 20.8 Å². The summed E-state index contributed by atoms with van der Waals surface area (Å²) in [4.78, 5) is 0. The van der Waals surface area contributed by atoms with Crippen LogP contribution in [0.2, 0.25) is 0 Å². The second kappa shape index (κ2) is 6.38. The first-order valence-corrected chi connectivity index (χ1v) is 5.38. The van der Waals surface area contributed by atoms with Gasteiger partial charge in [0, 0.05) is 13.2 Å². The van der Waals surface area contributed by atoms with Gasteiger partial charge in [0.05, 0.1) is 18.8 Å². The minimum absolute atomic E-state index is 0.0464. The van der Waals surface area contributed by atoms with E-state index in [0.29, 0.717) is 19.8 Å². The summed E-state index contributed by atoms with van der Waals surface area (Å²) in [5.41, 5.74) is 6.09. The van der Waals surface area contributed by atoms with Gasteiger partial charge in [-0.05, 0) is 19.3 Å². The van der Waals surface area contributed by atoms with Crippen molar-refractivity contribution in [2.45, 2.75) is 46.8 Å². The molecule has 0 saturated heterocycles. The summed E-state index contributed by atoms with van der Waals surface area (Å²) < 4.78 is 11.0. The molecule has 0 aromatic heterocycles. The number of rotatable bonds is 6. The molecule has 14 heavy (non-hydrogen) atoms. The molecule has 2 N–H and O–H groups in total. The Morgan fingerprint density at radius 3 is 2.07 bits per heavy atom. The third kappa shape index (κ3) is 4.94. The van der Waals surface area contributed by atoms with Crippen LogP contribution < -0.4 is 5.73 Å². The van der Waals surface area contributed by atoms with Crippen LogP contribution in [0, 0.1) is 5.41 Å². The predicted molar refractivity (Wildman–Crippen MR) is 59.3 cm³/mol. The molecule has 0 heterocycles. The summed E-state index contributed by atoms with van der Waals surface area (Å²) >= 11 is 0. The topological polar surface area (TPSA) is 44.5 Å². The minimum Gasteiger partial charge on any atom is -0.380 e. The monoisotopic (exact) mass is 203 g/mol. The van der Waals surface area contributed by atoms with Crippen molar-refractivity contribution in [3.05, 3.63) is 0 Å². The Balaban J connectivity index is 4.18. The van der Waals surface area contributed by atoms with Crippen molar-refractivity contribution in [3.63, 3.8) is 0 Å². The van der Waals surface area contributed by atoms with Crippen LogP contribution in [0.15, 0.2) is 0 Å². The maximum Gasteiger partial charge on any atom is 0.0796 e. The highest BCUT2D eigenvalue weighted by Gasteiger charge is 2.30. The molecule has 0 radical (unpaired) electrons. The largest absolute Gasteiger partial charge is 0.380 e. The molecule has 0 aliphatic carbocycles. The normalized spacial score (nSPS) is 16.7. The van der Waals surface area contributed by atoms with Crippen LogP contribution in [0.4, 0.5) is 0 Å². The van der Waals surface area contributed by atoms with E-state index in [4.69, 9.17) is 15.2 Å². The highest BCUT2D eigenvalue weighted by molar-refractivity contribution is 4.84. The molecule has 2 atom stereocenters. The molecule has 2 unspecified atom stereocenters. The maximum absolute atomic E-state index is 6.03.